The summed E-state index contributed by atoms with van der Waals surface area (Å²) in [6.45, 7) is 10.8. The Morgan fingerprint density at radius 1 is 1.22 bits per heavy atom. The number of hydrogen-bond acceptors (Lipinski definition) is 5. The van der Waals surface area contributed by atoms with Crippen molar-refractivity contribution < 1.29 is 18.9 Å². The zero-order chi connectivity index (χ0) is 13.6. The van der Waals surface area contributed by atoms with E-state index in [2.05, 4.69) is 11.9 Å². The van der Waals surface area contributed by atoms with Crippen molar-refractivity contribution in [3.63, 3.8) is 0 Å². The third kappa shape index (κ3) is 10.5. The minimum absolute atomic E-state index is 0.0882. The average Bonchev–Trinajstić information content (AvgIpc) is 2.36. The molecular weight excluding hydrogens is 234 g/mol. The Bertz CT molecular complexity index is 193. The first-order valence-corrected chi connectivity index (χ1v) is 6.48. The van der Waals surface area contributed by atoms with Crippen LogP contribution in [0.4, 0.5) is 0 Å². The highest BCUT2D eigenvalue weighted by Gasteiger charge is 2.06. The van der Waals surface area contributed by atoms with Crippen LogP contribution in [0, 0.1) is 0 Å². The van der Waals surface area contributed by atoms with Gasteiger partial charge in [0.25, 0.3) is 0 Å². The summed E-state index contributed by atoms with van der Waals surface area (Å²) in [6.07, 6.45) is 1.79. The van der Waals surface area contributed by atoms with E-state index < -0.39 is 0 Å². The standard InChI is InChI=1S/C13H27NO4/c1-5-16-13(17-6-2)8-7-9-14-10-12(3)18-11-15-4/h13-14H,3,5-11H2,1-2,4H3. The first-order chi connectivity index (χ1) is 8.74. The maximum Gasteiger partial charge on any atom is 0.188 e. The van der Waals surface area contributed by atoms with Gasteiger partial charge < -0.3 is 24.3 Å². The molecule has 0 fully saturated rings. The molecule has 0 amide bonds. The van der Waals surface area contributed by atoms with Crippen molar-refractivity contribution >= 4 is 0 Å². The number of methoxy groups -OCH3 is 1. The van der Waals surface area contributed by atoms with Crippen molar-refractivity contribution in [2.24, 2.45) is 0 Å². The quantitative estimate of drug-likeness (QED) is 0.312. The van der Waals surface area contributed by atoms with Gasteiger partial charge in [-0.05, 0) is 33.2 Å². The van der Waals surface area contributed by atoms with E-state index in [-0.39, 0.29) is 13.1 Å². The molecule has 0 radical (unpaired) electrons. The van der Waals surface area contributed by atoms with Crippen LogP contribution in [0.1, 0.15) is 26.7 Å². The van der Waals surface area contributed by atoms with E-state index in [0.717, 1.165) is 19.4 Å². The highest BCUT2D eigenvalue weighted by atomic mass is 16.7. The zero-order valence-corrected chi connectivity index (χ0v) is 11.9. The van der Waals surface area contributed by atoms with Crippen LogP contribution >= 0.6 is 0 Å². The zero-order valence-electron chi connectivity index (χ0n) is 11.9. The molecule has 0 aliphatic heterocycles. The molecule has 1 N–H and O–H groups in total. The molecule has 0 aromatic heterocycles. The Hall–Kier alpha value is -0.620. The van der Waals surface area contributed by atoms with Gasteiger partial charge in [0, 0.05) is 20.3 Å². The van der Waals surface area contributed by atoms with E-state index in [0.29, 0.717) is 25.5 Å². The van der Waals surface area contributed by atoms with Gasteiger partial charge in [0.1, 0.15) is 5.76 Å². The van der Waals surface area contributed by atoms with Crippen LogP contribution in [-0.2, 0) is 18.9 Å². The Kier molecular flexibility index (Phi) is 12.4. The van der Waals surface area contributed by atoms with Gasteiger partial charge in [-0.3, -0.25) is 0 Å². The lowest BCUT2D eigenvalue weighted by molar-refractivity contribution is -0.139. The van der Waals surface area contributed by atoms with Crippen LogP contribution in [0.15, 0.2) is 12.3 Å². The van der Waals surface area contributed by atoms with E-state index in [9.17, 15) is 0 Å². The van der Waals surface area contributed by atoms with Gasteiger partial charge in [0.15, 0.2) is 13.1 Å². The summed E-state index contributed by atoms with van der Waals surface area (Å²) in [6, 6.07) is 0. The van der Waals surface area contributed by atoms with Crippen LogP contribution in [0.5, 0.6) is 0 Å². The van der Waals surface area contributed by atoms with Crippen LogP contribution < -0.4 is 5.32 Å². The molecule has 0 aliphatic carbocycles. The van der Waals surface area contributed by atoms with Crippen molar-refractivity contribution in [3.8, 4) is 0 Å². The fraction of sp³-hybridized carbons (Fsp3) is 0.846. The van der Waals surface area contributed by atoms with Crippen LogP contribution in [0.25, 0.3) is 0 Å². The van der Waals surface area contributed by atoms with Crippen molar-refractivity contribution in [1.82, 2.24) is 5.32 Å². The smallest absolute Gasteiger partial charge is 0.188 e. The lowest BCUT2D eigenvalue weighted by Gasteiger charge is -2.16. The van der Waals surface area contributed by atoms with Gasteiger partial charge in [-0.1, -0.05) is 6.58 Å². The molecule has 0 unspecified atom stereocenters. The highest BCUT2D eigenvalue weighted by Crippen LogP contribution is 2.03. The molecule has 0 aromatic rings. The van der Waals surface area contributed by atoms with Gasteiger partial charge in [0.2, 0.25) is 0 Å². The maximum atomic E-state index is 5.45. The molecule has 0 heterocycles. The lowest BCUT2D eigenvalue weighted by Crippen LogP contribution is -2.23. The Labute approximate surface area is 110 Å². The van der Waals surface area contributed by atoms with E-state index in [4.69, 9.17) is 18.9 Å². The Morgan fingerprint density at radius 2 is 1.89 bits per heavy atom. The molecule has 0 aliphatic rings. The summed E-state index contributed by atoms with van der Waals surface area (Å²) in [5, 5.41) is 3.24. The molecular formula is C13H27NO4. The summed E-state index contributed by atoms with van der Waals surface area (Å²) in [4.78, 5) is 0. The predicted octanol–water partition coefficient (Wildman–Crippen LogP) is 1.89. The first kappa shape index (κ1) is 17.4. The van der Waals surface area contributed by atoms with Crippen molar-refractivity contribution in [2.45, 2.75) is 33.0 Å². The third-order valence-corrected chi connectivity index (χ3v) is 2.20. The second kappa shape index (κ2) is 12.8. The largest absolute Gasteiger partial charge is 0.471 e. The van der Waals surface area contributed by atoms with Crippen molar-refractivity contribution in [2.75, 3.05) is 40.2 Å². The second-order valence-electron chi connectivity index (χ2n) is 3.75. The van der Waals surface area contributed by atoms with Crippen LogP contribution in [0.2, 0.25) is 0 Å². The van der Waals surface area contributed by atoms with E-state index in [1.807, 2.05) is 13.8 Å². The number of ether oxygens (including phenoxy) is 4. The van der Waals surface area contributed by atoms with Crippen LogP contribution in [-0.4, -0.2) is 46.5 Å². The summed E-state index contributed by atoms with van der Waals surface area (Å²) in [5.74, 6) is 0.683. The monoisotopic (exact) mass is 261 g/mol. The van der Waals surface area contributed by atoms with Gasteiger partial charge in [-0.25, -0.2) is 0 Å². The molecule has 0 atom stereocenters. The van der Waals surface area contributed by atoms with Gasteiger partial charge >= 0.3 is 0 Å². The molecule has 0 rings (SSSR count). The topological polar surface area (TPSA) is 49.0 Å². The molecule has 0 bridgehead atoms. The maximum absolute atomic E-state index is 5.45. The molecule has 0 saturated heterocycles. The summed E-state index contributed by atoms with van der Waals surface area (Å²) < 4.78 is 20.9. The average molecular weight is 261 g/mol. The van der Waals surface area contributed by atoms with Gasteiger partial charge in [-0.2, -0.15) is 0 Å². The number of nitrogens with one attached hydrogen (secondary N) is 1. The molecule has 0 spiro atoms. The van der Waals surface area contributed by atoms with Crippen LogP contribution in [0.3, 0.4) is 0 Å². The number of rotatable bonds is 13. The molecule has 5 nitrogen and oxygen atoms in total. The van der Waals surface area contributed by atoms with Crippen molar-refractivity contribution in [3.05, 3.63) is 12.3 Å². The number of hydrogen-bond donors (Lipinski definition) is 1. The highest BCUT2D eigenvalue weighted by molar-refractivity contribution is 4.84. The minimum atomic E-state index is -0.0882. The Balaban J connectivity index is 3.44. The second-order valence-corrected chi connectivity index (χ2v) is 3.75. The first-order valence-electron chi connectivity index (χ1n) is 6.48. The van der Waals surface area contributed by atoms with E-state index in [1.54, 1.807) is 7.11 Å². The minimum Gasteiger partial charge on any atom is -0.471 e. The summed E-state index contributed by atoms with van der Waals surface area (Å²) in [7, 11) is 1.59. The fourth-order valence-corrected chi connectivity index (χ4v) is 1.40. The summed E-state index contributed by atoms with van der Waals surface area (Å²) in [5.41, 5.74) is 0. The molecule has 0 aromatic carbocycles. The SMILES string of the molecule is C=C(CNCCCC(OCC)OCC)OCOC. The van der Waals surface area contributed by atoms with E-state index in [1.165, 1.54) is 0 Å². The lowest BCUT2D eigenvalue weighted by atomic mass is 10.3. The normalized spacial score (nSPS) is 10.9. The predicted molar refractivity (Wildman–Crippen MR) is 71.2 cm³/mol. The van der Waals surface area contributed by atoms with E-state index >= 15 is 0 Å². The molecule has 0 saturated carbocycles. The van der Waals surface area contributed by atoms with Gasteiger partial charge in [0.05, 0.1) is 6.54 Å². The summed E-state index contributed by atoms with van der Waals surface area (Å²) >= 11 is 0. The molecule has 5 heteroatoms. The van der Waals surface area contributed by atoms with Gasteiger partial charge in [-0.15, -0.1) is 0 Å². The Morgan fingerprint density at radius 3 is 2.44 bits per heavy atom. The molecule has 18 heavy (non-hydrogen) atoms. The fourth-order valence-electron chi connectivity index (χ4n) is 1.40. The van der Waals surface area contributed by atoms with Crippen molar-refractivity contribution in [1.29, 1.82) is 0 Å². The third-order valence-electron chi connectivity index (χ3n) is 2.20. The molecule has 108 valence electrons.